The number of nitrogens with one attached hydrogen (secondary N) is 1. The molecule has 0 aromatic heterocycles. The van der Waals surface area contributed by atoms with Gasteiger partial charge in [0.15, 0.2) is 0 Å². The summed E-state index contributed by atoms with van der Waals surface area (Å²) >= 11 is 0. The van der Waals surface area contributed by atoms with Crippen LogP contribution in [-0.2, 0) is 11.3 Å². The maximum absolute atomic E-state index is 9.76. The topological polar surface area (TPSA) is 50.7 Å². The van der Waals surface area contributed by atoms with Gasteiger partial charge in [-0.3, -0.25) is 0 Å². The van der Waals surface area contributed by atoms with Crippen molar-refractivity contribution in [2.75, 3.05) is 20.3 Å². The van der Waals surface area contributed by atoms with Gasteiger partial charge in [-0.1, -0.05) is 6.07 Å². The number of methoxy groups -OCH3 is 1. The molecule has 2 N–H and O–H groups in total. The van der Waals surface area contributed by atoms with Crippen LogP contribution < -0.4 is 10.1 Å². The van der Waals surface area contributed by atoms with Crippen LogP contribution in [0.2, 0.25) is 0 Å². The third-order valence-corrected chi connectivity index (χ3v) is 2.51. The lowest BCUT2D eigenvalue weighted by atomic mass is 10.2. The van der Waals surface area contributed by atoms with E-state index in [2.05, 4.69) is 12.2 Å². The van der Waals surface area contributed by atoms with Crippen molar-refractivity contribution >= 4 is 0 Å². The highest BCUT2D eigenvalue weighted by atomic mass is 16.5. The zero-order valence-electron chi connectivity index (χ0n) is 10.7. The highest BCUT2D eigenvalue weighted by Gasteiger charge is 2.05. The maximum atomic E-state index is 9.76. The molecule has 96 valence electrons. The van der Waals surface area contributed by atoms with E-state index < -0.39 is 0 Å². The molecule has 1 rings (SSSR count). The summed E-state index contributed by atoms with van der Waals surface area (Å²) in [6.07, 6.45) is 0. The van der Waals surface area contributed by atoms with Gasteiger partial charge in [0.2, 0.25) is 0 Å². The summed E-state index contributed by atoms with van der Waals surface area (Å²) in [6.45, 7) is 6.04. The van der Waals surface area contributed by atoms with Gasteiger partial charge in [-0.15, -0.1) is 0 Å². The van der Waals surface area contributed by atoms with Gasteiger partial charge in [-0.2, -0.15) is 0 Å². The van der Waals surface area contributed by atoms with Crippen molar-refractivity contribution in [1.29, 1.82) is 0 Å². The Kier molecular flexibility index (Phi) is 5.80. The van der Waals surface area contributed by atoms with E-state index in [-0.39, 0.29) is 11.8 Å². The fourth-order valence-corrected chi connectivity index (χ4v) is 1.46. The first-order valence-electron chi connectivity index (χ1n) is 5.84. The third-order valence-electron chi connectivity index (χ3n) is 2.51. The minimum absolute atomic E-state index is 0.250. The fourth-order valence-electron chi connectivity index (χ4n) is 1.46. The van der Waals surface area contributed by atoms with Gasteiger partial charge in [0.25, 0.3) is 0 Å². The third kappa shape index (κ3) is 4.63. The quantitative estimate of drug-likeness (QED) is 0.763. The lowest BCUT2D eigenvalue weighted by Gasteiger charge is -2.14. The zero-order valence-corrected chi connectivity index (χ0v) is 10.7. The molecule has 0 bridgehead atoms. The molecule has 0 aliphatic rings. The Labute approximate surface area is 103 Å². The maximum Gasteiger partial charge on any atom is 0.123 e. The smallest absolute Gasteiger partial charge is 0.123 e. The van der Waals surface area contributed by atoms with E-state index in [0.29, 0.717) is 18.9 Å². The van der Waals surface area contributed by atoms with E-state index >= 15 is 0 Å². The molecule has 1 atom stereocenters. The van der Waals surface area contributed by atoms with E-state index in [0.717, 1.165) is 12.2 Å². The lowest BCUT2D eigenvalue weighted by molar-refractivity contribution is 0.127. The summed E-state index contributed by atoms with van der Waals surface area (Å²) in [5.41, 5.74) is 0.856. The Morgan fingerprint density at radius 1 is 1.41 bits per heavy atom. The largest absolute Gasteiger partial charge is 0.507 e. The van der Waals surface area contributed by atoms with Gasteiger partial charge < -0.3 is 19.9 Å². The fraction of sp³-hybridized carbons (Fsp3) is 0.538. The molecule has 0 spiro atoms. The number of benzene rings is 1. The van der Waals surface area contributed by atoms with Crippen LogP contribution in [0.3, 0.4) is 0 Å². The van der Waals surface area contributed by atoms with Crippen LogP contribution in [-0.4, -0.2) is 31.5 Å². The van der Waals surface area contributed by atoms with Gasteiger partial charge in [0.05, 0.1) is 13.7 Å². The molecule has 17 heavy (non-hydrogen) atoms. The highest BCUT2D eigenvalue weighted by molar-refractivity contribution is 5.39. The standard InChI is InChI=1S/C13H21NO3/c1-4-17-9-10(2)14-8-11-5-6-12(16-3)7-13(11)15/h5-7,10,14-15H,4,8-9H2,1-3H3. The van der Waals surface area contributed by atoms with Crippen molar-refractivity contribution in [1.82, 2.24) is 5.32 Å². The van der Waals surface area contributed by atoms with Gasteiger partial charge in [0.1, 0.15) is 11.5 Å². The van der Waals surface area contributed by atoms with E-state index in [4.69, 9.17) is 9.47 Å². The first kappa shape index (κ1) is 13.8. The van der Waals surface area contributed by atoms with Crippen LogP contribution in [0.15, 0.2) is 18.2 Å². The van der Waals surface area contributed by atoms with Crippen LogP contribution in [0.1, 0.15) is 19.4 Å². The summed E-state index contributed by atoms with van der Waals surface area (Å²) in [7, 11) is 1.58. The Hall–Kier alpha value is -1.26. The minimum Gasteiger partial charge on any atom is -0.507 e. The second-order valence-corrected chi connectivity index (χ2v) is 3.94. The Morgan fingerprint density at radius 2 is 2.18 bits per heavy atom. The highest BCUT2D eigenvalue weighted by Crippen LogP contribution is 2.23. The number of hydrogen-bond acceptors (Lipinski definition) is 4. The molecule has 0 saturated carbocycles. The molecular weight excluding hydrogens is 218 g/mol. The average Bonchev–Trinajstić information content (AvgIpc) is 2.34. The summed E-state index contributed by atoms with van der Waals surface area (Å²) in [6, 6.07) is 5.57. The first-order chi connectivity index (χ1) is 8.17. The number of phenols is 1. The minimum atomic E-state index is 0.250. The van der Waals surface area contributed by atoms with Crippen molar-refractivity contribution in [3.8, 4) is 11.5 Å². The van der Waals surface area contributed by atoms with Crippen molar-refractivity contribution < 1.29 is 14.6 Å². The molecule has 1 aromatic carbocycles. The Morgan fingerprint density at radius 3 is 2.76 bits per heavy atom. The van der Waals surface area contributed by atoms with Crippen LogP contribution in [0.25, 0.3) is 0 Å². The Bertz CT molecular complexity index is 341. The predicted molar refractivity (Wildman–Crippen MR) is 67.5 cm³/mol. The van der Waals surface area contributed by atoms with Gasteiger partial charge in [0, 0.05) is 30.8 Å². The molecule has 0 aliphatic heterocycles. The molecule has 0 saturated heterocycles. The molecule has 0 radical (unpaired) electrons. The SMILES string of the molecule is CCOCC(C)NCc1ccc(OC)cc1O. The molecule has 1 unspecified atom stereocenters. The summed E-state index contributed by atoms with van der Waals surface area (Å²) in [5.74, 6) is 0.911. The van der Waals surface area contributed by atoms with Gasteiger partial charge >= 0.3 is 0 Å². The molecule has 1 aromatic rings. The monoisotopic (exact) mass is 239 g/mol. The van der Waals surface area contributed by atoms with E-state index in [1.165, 1.54) is 0 Å². The van der Waals surface area contributed by atoms with Crippen LogP contribution in [0.5, 0.6) is 11.5 Å². The lowest BCUT2D eigenvalue weighted by Crippen LogP contribution is -2.30. The normalized spacial score (nSPS) is 12.4. The molecule has 0 heterocycles. The molecule has 0 fully saturated rings. The average molecular weight is 239 g/mol. The zero-order chi connectivity index (χ0) is 12.7. The predicted octanol–water partition coefficient (Wildman–Crippen LogP) is 1.92. The van der Waals surface area contributed by atoms with Crippen LogP contribution in [0, 0.1) is 0 Å². The van der Waals surface area contributed by atoms with Crippen molar-refractivity contribution in [2.45, 2.75) is 26.4 Å². The molecule has 0 amide bonds. The van der Waals surface area contributed by atoms with Crippen molar-refractivity contribution in [2.24, 2.45) is 0 Å². The number of hydrogen-bond donors (Lipinski definition) is 2. The molecule has 4 nitrogen and oxygen atoms in total. The first-order valence-corrected chi connectivity index (χ1v) is 5.84. The molecule has 0 aliphatic carbocycles. The van der Waals surface area contributed by atoms with Crippen LogP contribution in [0.4, 0.5) is 0 Å². The van der Waals surface area contributed by atoms with Gasteiger partial charge in [-0.05, 0) is 19.9 Å². The summed E-state index contributed by atoms with van der Waals surface area (Å²) < 4.78 is 10.3. The van der Waals surface area contributed by atoms with Crippen LogP contribution >= 0.6 is 0 Å². The van der Waals surface area contributed by atoms with E-state index in [1.807, 2.05) is 19.1 Å². The number of rotatable bonds is 7. The molecular formula is C13H21NO3. The second kappa shape index (κ2) is 7.14. The molecule has 4 heteroatoms. The Balaban J connectivity index is 2.46. The summed E-state index contributed by atoms with van der Waals surface area (Å²) in [4.78, 5) is 0. The second-order valence-electron chi connectivity index (χ2n) is 3.94. The van der Waals surface area contributed by atoms with E-state index in [9.17, 15) is 5.11 Å². The summed E-state index contributed by atoms with van der Waals surface area (Å²) in [5, 5.41) is 13.0. The number of phenolic OH excluding ortho intramolecular Hbond substituents is 1. The number of aromatic hydroxyl groups is 1. The number of ether oxygens (including phenoxy) is 2. The van der Waals surface area contributed by atoms with Crippen molar-refractivity contribution in [3.63, 3.8) is 0 Å². The van der Waals surface area contributed by atoms with Gasteiger partial charge in [-0.25, -0.2) is 0 Å². The van der Waals surface area contributed by atoms with Crippen molar-refractivity contribution in [3.05, 3.63) is 23.8 Å². The van der Waals surface area contributed by atoms with E-state index in [1.54, 1.807) is 13.2 Å².